The second kappa shape index (κ2) is 7.66. The van der Waals surface area contributed by atoms with Crippen LogP contribution in [0.4, 0.5) is 0 Å². The summed E-state index contributed by atoms with van der Waals surface area (Å²) in [5.74, 6) is 0.796. The van der Waals surface area contributed by atoms with Crippen LogP contribution in [0.1, 0.15) is 30.4 Å². The average molecular weight is 311 g/mol. The molecule has 1 aromatic carbocycles. The van der Waals surface area contributed by atoms with Gasteiger partial charge in [-0.05, 0) is 38.8 Å². The second-order valence-corrected chi connectivity index (χ2v) is 6.42. The number of aryl methyl sites for hydroxylation is 1. The van der Waals surface area contributed by atoms with E-state index in [1.807, 2.05) is 24.5 Å². The first kappa shape index (κ1) is 16.1. The van der Waals surface area contributed by atoms with Crippen LogP contribution in [-0.2, 0) is 11.3 Å². The minimum absolute atomic E-state index is 0.376. The fourth-order valence-corrected chi connectivity index (χ4v) is 3.07. The minimum atomic E-state index is 0.376. The van der Waals surface area contributed by atoms with Crippen LogP contribution in [0.25, 0.3) is 11.4 Å². The molecule has 1 aromatic heterocycles. The van der Waals surface area contributed by atoms with Gasteiger partial charge in [-0.1, -0.05) is 24.3 Å². The zero-order valence-corrected chi connectivity index (χ0v) is 14.0. The van der Waals surface area contributed by atoms with E-state index in [-0.39, 0.29) is 0 Å². The summed E-state index contributed by atoms with van der Waals surface area (Å²) in [4.78, 5) is 11.4. The Morgan fingerprint density at radius 2 is 1.96 bits per heavy atom. The van der Waals surface area contributed by atoms with Gasteiger partial charge in [0.1, 0.15) is 0 Å². The average Bonchev–Trinajstić information content (AvgIpc) is 2.57. The van der Waals surface area contributed by atoms with E-state index >= 15 is 0 Å². The molecule has 1 atom stereocenters. The summed E-state index contributed by atoms with van der Waals surface area (Å²) in [7, 11) is 2.13. The molecule has 0 N–H and O–H groups in total. The van der Waals surface area contributed by atoms with Crippen molar-refractivity contribution in [3.05, 3.63) is 47.8 Å². The summed E-state index contributed by atoms with van der Waals surface area (Å²) >= 11 is 0. The van der Waals surface area contributed by atoms with Crippen molar-refractivity contribution in [1.82, 2.24) is 14.9 Å². The smallest absolute Gasteiger partial charge is 0.159 e. The van der Waals surface area contributed by atoms with Crippen LogP contribution in [0.5, 0.6) is 0 Å². The lowest BCUT2D eigenvalue weighted by atomic mass is 10.1. The Kier molecular flexibility index (Phi) is 5.36. The summed E-state index contributed by atoms with van der Waals surface area (Å²) in [6, 6.07) is 8.22. The van der Waals surface area contributed by atoms with Crippen LogP contribution >= 0.6 is 0 Å². The lowest BCUT2D eigenvalue weighted by Gasteiger charge is -2.27. The maximum absolute atomic E-state index is 5.80. The van der Waals surface area contributed by atoms with E-state index in [1.165, 1.54) is 24.8 Å². The molecule has 2 aromatic rings. The van der Waals surface area contributed by atoms with Crippen LogP contribution in [-0.4, -0.2) is 41.2 Å². The molecule has 3 rings (SSSR count). The van der Waals surface area contributed by atoms with Gasteiger partial charge in [0, 0.05) is 43.2 Å². The van der Waals surface area contributed by atoms with Crippen molar-refractivity contribution < 1.29 is 4.74 Å². The van der Waals surface area contributed by atoms with Gasteiger partial charge in [0.2, 0.25) is 0 Å². The molecule has 4 heteroatoms. The van der Waals surface area contributed by atoms with E-state index in [4.69, 9.17) is 4.74 Å². The van der Waals surface area contributed by atoms with E-state index < -0.39 is 0 Å². The maximum Gasteiger partial charge on any atom is 0.159 e. The molecule has 0 spiro atoms. The van der Waals surface area contributed by atoms with E-state index in [2.05, 4.69) is 41.0 Å². The number of hydrogen-bond donors (Lipinski definition) is 0. The number of hydrogen-bond acceptors (Lipinski definition) is 4. The van der Waals surface area contributed by atoms with E-state index in [9.17, 15) is 0 Å². The molecule has 1 aliphatic heterocycles. The lowest BCUT2D eigenvalue weighted by molar-refractivity contribution is -0.00261. The van der Waals surface area contributed by atoms with Crippen LogP contribution in [0, 0.1) is 6.92 Å². The van der Waals surface area contributed by atoms with Gasteiger partial charge in [-0.15, -0.1) is 0 Å². The Labute approximate surface area is 138 Å². The highest BCUT2D eigenvalue weighted by atomic mass is 16.5. The topological polar surface area (TPSA) is 38.2 Å². The van der Waals surface area contributed by atoms with Gasteiger partial charge in [0.25, 0.3) is 0 Å². The van der Waals surface area contributed by atoms with Crippen LogP contribution in [0.2, 0.25) is 0 Å². The molecule has 0 amide bonds. The Balaban J connectivity index is 1.60. The molecule has 0 unspecified atom stereocenters. The molecule has 0 radical (unpaired) electrons. The fraction of sp³-hybridized carbons (Fsp3) is 0.474. The highest BCUT2D eigenvalue weighted by molar-refractivity contribution is 5.59. The molecule has 0 aliphatic carbocycles. The zero-order valence-electron chi connectivity index (χ0n) is 14.0. The standard InChI is InChI=1S/C19H25N3O/c1-15-7-3-4-9-18(15)19-20-11-16(12-21-19)13-22(2)14-17-8-5-6-10-23-17/h3-4,7,9,11-12,17H,5-6,8,10,13-14H2,1-2H3/t17-/m1/s1. The third-order valence-electron chi connectivity index (χ3n) is 4.33. The zero-order chi connectivity index (χ0) is 16.1. The summed E-state index contributed by atoms with van der Waals surface area (Å²) in [6.07, 6.45) is 7.91. The Bertz CT molecular complexity index is 621. The van der Waals surface area contributed by atoms with Crippen LogP contribution in [0.3, 0.4) is 0 Å². The second-order valence-electron chi connectivity index (χ2n) is 6.42. The Hall–Kier alpha value is -1.78. The van der Waals surface area contributed by atoms with Crippen molar-refractivity contribution in [2.75, 3.05) is 20.2 Å². The summed E-state index contributed by atoms with van der Waals surface area (Å²) in [5, 5.41) is 0. The third-order valence-corrected chi connectivity index (χ3v) is 4.33. The van der Waals surface area contributed by atoms with Crippen molar-refractivity contribution in [2.24, 2.45) is 0 Å². The predicted octanol–water partition coefficient (Wildman–Crippen LogP) is 3.45. The van der Waals surface area contributed by atoms with Gasteiger partial charge < -0.3 is 4.74 Å². The minimum Gasteiger partial charge on any atom is -0.377 e. The number of aromatic nitrogens is 2. The predicted molar refractivity (Wildman–Crippen MR) is 92.1 cm³/mol. The maximum atomic E-state index is 5.80. The first-order chi connectivity index (χ1) is 11.2. The molecule has 0 bridgehead atoms. The molecular formula is C19H25N3O. The molecule has 0 saturated carbocycles. The van der Waals surface area contributed by atoms with Crippen LogP contribution in [0.15, 0.2) is 36.7 Å². The first-order valence-electron chi connectivity index (χ1n) is 8.39. The number of benzene rings is 1. The van der Waals surface area contributed by atoms with Crippen LogP contribution < -0.4 is 0 Å². The largest absolute Gasteiger partial charge is 0.377 e. The van der Waals surface area contributed by atoms with Gasteiger partial charge in [0.15, 0.2) is 5.82 Å². The van der Waals surface area contributed by atoms with E-state index in [1.54, 1.807) is 0 Å². The highest BCUT2D eigenvalue weighted by Gasteiger charge is 2.16. The molecule has 1 saturated heterocycles. The highest BCUT2D eigenvalue weighted by Crippen LogP contribution is 2.19. The van der Waals surface area contributed by atoms with E-state index in [0.29, 0.717) is 6.10 Å². The Morgan fingerprint density at radius 1 is 1.17 bits per heavy atom. The van der Waals surface area contributed by atoms with Crippen molar-refractivity contribution in [3.63, 3.8) is 0 Å². The van der Waals surface area contributed by atoms with Gasteiger partial charge >= 0.3 is 0 Å². The van der Waals surface area contributed by atoms with Crippen molar-refractivity contribution in [2.45, 2.75) is 38.8 Å². The number of rotatable bonds is 5. The lowest BCUT2D eigenvalue weighted by Crippen LogP contribution is -2.33. The summed E-state index contributed by atoms with van der Waals surface area (Å²) in [5.41, 5.74) is 3.44. The molecule has 4 nitrogen and oxygen atoms in total. The van der Waals surface area contributed by atoms with Gasteiger partial charge in [-0.2, -0.15) is 0 Å². The van der Waals surface area contributed by atoms with Crippen molar-refractivity contribution in [1.29, 1.82) is 0 Å². The molecular weight excluding hydrogens is 286 g/mol. The monoisotopic (exact) mass is 311 g/mol. The first-order valence-corrected chi connectivity index (χ1v) is 8.39. The number of nitrogens with zero attached hydrogens (tertiary/aromatic N) is 3. The summed E-state index contributed by atoms with van der Waals surface area (Å²) in [6.45, 7) is 4.82. The van der Waals surface area contributed by atoms with E-state index in [0.717, 1.165) is 36.6 Å². The third kappa shape index (κ3) is 4.36. The van der Waals surface area contributed by atoms with Gasteiger partial charge in [-0.3, -0.25) is 4.90 Å². The number of ether oxygens (including phenoxy) is 1. The van der Waals surface area contributed by atoms with Gasteiger partial charge in [0.05, 0.1) is 6.10 Å². The summed E-state index contributed by atoms with van der Waals surface area (Å²) < 4.78 is 5.80. The quantitative estimate of drug-likeness (QED) is 0.847. The fourth-order valence-electron chi connectivity index (χ4n) is 3.07. The van der Waals surface area contributed by atoms with Gasteiger partial charge in [-0.25, -0.2) is 9.97 Å². The molecule has 2 heterocycles. The molecule has 122 valence electrons. The Morgan fingerprint density at radius 3 is 2.65 bits per heavy atom. The SMILES string of the molecule is Cc1ccccc1-c1ncc(CN(C)C[C@H]2CCCCO2)cn1. The molecule has 1 fully saturated rings. The van der Waals surface area contributed by atoms with Crippen molar-refractivity contribution in [3.8, 4) is 11.4 Å². The van der Waals surface area contributed by atoms with Crippen molar-refractivity contribution >= 4 is 0 Å². The normalized spacial score (nSPS) is 18.3. The molecule has 1 aliphatic rings. The number of likely N-dealkylation sites (N-methyl/N-ethyl adjacent to an activating group) is 1. The molecule has 23 heavy (non-hydrogen) atoms.